The monoisotopic (exact) mass is 310 g/mol. The molecule has 0 saturated heterocycles. The second kappa shape index (κ2) is 7.67. The van der Waals surface area contributed by atoms with E-state index in [0.29, 0.717) is 11.3 Å². The first-order chi connectivity index (χ1) is 9.88. The number of carbonyl (C=O) groups excluding carboxylic acids is 1. The minimum atomic E-state index is -3.79. The zero-order valence-corrected chi connectivity index (χ0v) is 12.8. The molecule has 0 aliphatic rings. The van der Waals surface area contributed by atoms with Crippen molar-refractivity contribution in [2.45, 2.75) is 13.8 Å². The first-order valence-electron chi connectivity index (χ1n) is 6.33. The summed E-state index contributed by atoms with van der Waals surface area (Å²) in [5.74, 6) is 4.08. The maximum absolute atomic E-state index is 11.8. The van der Waals surface area contributed by atoms with E-state index in [4.69, 9.17) is 5.73 Å². The molecule has 0 aliphatic carbocycles. The zero-order chi connectivity index (χ0) is 15.9. The molecule has 0 atom stereocenters. The van der Waals surface area contributed by atoms with E-state index >= 15 is 0 Å². The summed E-state index contributed by atoms with van der Waals surface area (Å²) in [6.45, 7) is 3.76. The number of hydrogen-bond donors (Lipinski definition) is 2. The molecule has 0 unspecified atom stereocenters. The van der Waals surface area contributed by atoms with Gasteiger partial charge in [-0.3, -0.25) is 9.52 Å². The lowest BCUT2D eigenvalue weighted by Crippen LogP contribution is -2.24. The van der Waals surface area contributed by atoms with Crippen LogP contribution in [0, 0.1) is 18.8 Å². The van der Waals surface area contributed by atoms with Crippen molar-refractivity contribution in [3.8, 4) is 11.8 Å². The van der Waals surface area contributed by atoms with Crippen molar-refractivity contribution < 1.29 is 17.9 Å². The zero-order valence-electron chi connectivity index (χ0n) is 12.0. The molecule has 1 rings (SSSR count). The van der Waals surface area contributed by atoms with Gasteiger partial charge in [0.2, 0.25) is 10.0 Å². The van der Waals surface area contributed by atoms with Gasteiger partial charge in [0.25, 0.3) is 0 Å². The smallest absolute Gasteiger partial charge is 0.323 e. The molecule has 7 heteroatoms. The fourth-order valence-electron chi connectivity index (χ4n) is 1.57. The van der Waals surface area contributed by atoms with E-state index < -0.39 is 21.7 Å². The molecular weight excluding hydrogens is 292 g/mol. The molecule has 0 amide bonds. The number of carbonyl (C=O) groups is 1. The van der Waals surface area contributed by atoms with E-state index in [9.17, 15) is 13.2 Å². The first-order valence-corrected chi connectivity index (χ1v) is 7.99. The Kier molecular flexibility index (Phi) is 6.21. The lowest BCUT2D eigenvalue weighted by molar-refractivity contribution is -0.139. The average Bonchev–Trinajstić information content (AvgIpc) is 2.38. The summed E-state index contributed by atoms with van der Waals surface area (Å²) >= 11 is 0. The fraction of sp³-hybridized carbons (Fsp3) is 0.357. The van der Waals surface area contributed by atoms with Crippen LogP contribution in [0.1, 0.15) is 18.1 Å². The van der Waals surface area contributed by atoms with E-state index in [1.165, 1.54) is 0 Å². The van der Waals surface area contributed by atoms with Crippen LogP contribution in [-0.4, -0.2) is 33.3 Å². The van der Waals surface area contributed by atoms with Crippen LogP contribution in [0.4, 0.5) is 5.69 Å². The lowest BCUT2D eigenvalue weighted by Gasteiger charge is -2.10. The number of benzene rings is 1. The molecule has 1 aromatic carbocycles. The Morgan fingerprint density at radius 2 is 2.14 bits per heavy atom. The van der Waals surface area contributed by atoms with E-state index in [2.05, 4.69) is 21.3 Å². The molecule has 114 valence electrons. The summed E-state index contributed by atoms with van der Waals surface area (Å²) in [5.41, 5.74) is 7.13. The standard InChI is InChI=1S/C14H18N2O4S/c1-3-20-14(17)10-21(18,19)16-13-7-6-12(5-4-8-15)9-11(13)2/h6-7,9,16H,3,8,10,15H2,1-2H3. The highest BCUT2D eigenvalue weighted by molar-refractivity contribution is 7.93. The quantitative estimate of drug-likeness (QED) is 0.613. The summed E-state index contributed by atoms with van der Waals surface area (Å²) in [6.07, 6.45) is 0. The number of rotatable bonds is 5. The molecule has 0 aliphatic heterocycles. The Hall–Kier alpha value is -2.04. The third kappa shape index (κ3) is 5.85. The number of sulfonamides is 1. The van der Waals surface area contributed by atoms with Gasteiger partial charge in [0.1, 0.15) is 0 Å². The van der Waals surface area contributed by atoms with Gasteiger partial charge in [-0.2, -0.15) is 0 Å². The van der Waals surface area contributed by atoms with E-state index in [-0.39, 0.29) is 13.2 Å². The molecule has 0 aromatic heterocycles. The van der Waals surface area contributed by atoms with Crippen molar-refractivity contribution in [2.24, 2.45) is 5.73 Å². The maximum atomic E-state index is 11.8. The first kappa shape index (κ1) is 17.0. The minimum Gasteiger partial charge on any atom is -0.465 e. The second-order valence-corrected chi connectivity index (χ2v) is 5.92. The van der Waals surface area contributed by atoms with Crippen LogP contribution in [0.15, 0.2) is 18.2 Å². The normalized spacial score (nSPS) is 10.4. The number of esters is 1. The Balaban J connectivity index is 2.85. The molecule has 0 spiro atoms. The van der Waals surface area contributed by atoms with Crippen molar-refractivity contribution in [3.63, 3.8) is 0 Å². The number of ether oxygens (including phenoxy) is 1. The fourth-order valence-corrected chi connectivity index (χ4v) is 2.60. The van der Waals surface area contributed by atoms with Gasteiger partial charge in [-0.15, -0.1) is 0 Å². The van der Waals surface area contributed by atoms with Crippen LogP contribution in [0.25, 0.3) is 0 Å². The average molecular weight is 310 g/mol. The molecule has 0 saturated carbocycles. The van der Waals surface area contributed by atoms with Gasteiger partial charge < -0.3 is 10.5 Å². The molecule has 6 nitrogen and oxygen atoms in total. The van der Waals surface area contributed by atoms with Crippen LogP contribution in [0.3, 0.4) is 0 Å². The predicted octanol–water partition coefficient (Wildman–Crippen LogP) is 0.610. The van der Waals surface area contributed by atoms with Gasteiger partial charge >= 0.3 is 5.97 Å². The molecular formula is C14H18N2O4S. The van der Waals surface area contributed by atoms with Crippen LogP contribution < -0.4 is 10.5 Å². The summed E-state index contributed by atoms with van der Waals surface area (Å²) < 4.78 is 30.7. The number of anilines is 1. The molecule has 21 heavy (non-hydrogen) atoms. The molecule has 0 bridgehead atoms. The van der Waals surface area contributed by atoms with Crippen LogP contribution in [-0.2, 0) is 19.6 Å². The number of aryl methyl sites for hydroxylation is 1. The summed E-state index contributed by atoms with van der Waals surface area (Å²) in [6, 6.07) is 5.02. The molecule has 0 radical (unpaired) electrons. The predicted molar refractivity (Wildman–Crippen MR) is 81.2 cm³/mol. The van der Waals surface area contributed by atoms with Crippen molar-refractivity contribution in [2.75, 3.05) is 23.6 Å². The number of nitrogens with two attached hydrogens (primary N) is 1. The van der Waals surface area contributed by atoms with Gasteiger partial charge in [0, 0.05) is 5.56 Å². The molecule has 3 N–H and O–H groups in total. The topological polar surface area (TPSA) is 98.5 Å². The summed E-state index contributed by atoms with van der Waals surface area (Å²) in [4.78, 5) is 11.2. The van der Waals surface area contributed by atoms with Gasteiger partial charge in [-0.1, -0.05) is 11.8 Å². The van der Waals surface area contributed by atoms with Crippen LogP contribution in [0.2, 0.25) is 0 Å². The largest absolute Gasteiger partial charge is 0.465 e. The van der Waals surface area contributed by atoms with Gasteiger partial charge in [0.05, 0.1) is 18.8 Å². The second-order valence-electron chi connectivity index (χ2n) is 4.20. The van der Waals surface area contributed by atoms with Crippen molar-refractivity contribution in [1.29, 1.82) is 0 Å². The Labute approximate surface area is 124 Å². The van der Waals surface area contributed by atoms with Crippen molar-refractivity contribution >= 4 is 21.7 Å². The summed E-state index contributed by atoms with van der Waals surface area (Å²) in [7, 11) is -3.79. The highest BCUT2D eigenvalue weighted by Crippen LogP contribution is 2.17. The Morgan fingerprint density at radius 3 is 2.71 bits per heavy atom. The van der Waals surface area contributed by atoms with Crippen molar-refractivity contribution in [1.82, 2.24) is 0 Å². The highest BCUT2D eigenvalue weighted by Gasteiger charge is 2.18. The third-order valence-electron chi connectivity index (χ3n) is 2.44. The SMILES string of the molecule is CCOC(=O)CS(=O)(=O)Nc1ccc(C#CCN)cc1C. The Bertz CT molecular complexity index is 672. The maximum Gasteiger partial charge on any atom is 0.323 e. The number of hydrogen-bond acceptors (Lipinski definition) is 5. The van der Waals surface area contributed by atoms with Gasteiger partial charge in [-0.25, -0.2) is 8.42 Å². The van der Waals surface area contributed by atoms with Gasteiger partial charge in [0.15, 0.2) is 5.75 Å². The molecule has 0 heterocycles. The minimum absolute atomic E-state index is 0.141. The summed E-state index contributed by atoms with van der Waals surface area (Å²) in [5, 5.41) is 0. The highest BCUT2D eigenvalue weighted by atomic mass is 32.2. The van der Waals surface area contributed by atoms with E-state index in [0.717, 1.165) is 5.56 Å². The molecule has 0 fully saturated rings. The Morgan fingerprint density at radius 1 is 1.43 bits per heavy atom. The van der Waals surface area contributed by atoms with Gasteiger partial charge in [-0.05, 0) is 37.6 Å². The van der Waals surface area contributed by atoms with Crippen LogP contribution >= 0.6 is 0 Å². The third-order valence-corrected chi connectivity index (χ3v) is 3.59. The lowest BCUT2D eigenvalue weighted by atomic mass is 10.1. The van der Waals surface area contributed by atoms with Crippen molar-refractivity contribution in [3.05, 3.63) is 29.3 Å². The van der Waals surface area contributed by atoms with E-state index in [1.807, 2.05) is 0 Å². The molecule has 1 aromatic rings. The number of nitrogens with one attached hydrogen (secondary N) is 1. The van der Waals surface area contributed by atoms with E-state index in [1.54, 1.807) is 32.0 Å². The van der Waals surface area contributed by atoms with Crippen LogP contribution in [0.5, 0.6) is 0 Å².